The second-order valence-corrected chi connectivity index (χ2v) is 4.83. The van der Waals surface area contributed by atoms with Gasteiger partial charge in [0, 0.05) is 6.61 Å². The Bertz CT molecular complexity index is 137. The quantitative estimate of drug-likeness (QED) is 0.533. The third-order valence-electron chi connectivity index (χ3n) is 3.29. The summed E-state index contributed by atoms with van der Waals surface area (Å²) in [7, 11) is 0. The van der Waals surface area contributed by atoms with E-state index >= 15 is 0 Å². The second-order valence-electron chi connectivity index (χ2n) is 4.83. The van der Waals surface area contributed by atoms with E-state index in [9.17, 15) is 5.11 Å². The van der Waals surface area contributed by atoms with Gasteiger partial charge in [-0.3, -0.25) is 0 Å². The molecule has 0 aliphatic heterocycles. The zero-order valence-electron chi connectivity index (χ0n) is 11.1. The highest BCUT2D eigenvalue weighted by atomic mass is 16.3. The molecule has 0 aliphatic rings. The Hall–Kier alpha value is -0.0800. The Morgan fingerprint density at radius 2 is 1.56 bits per heavy atom. The summed E-state index contributed by atoms with van der Waals surface area (Å²) in [5.41, 5.74) is 0. The molecular weight excluding hydrogens is 200 g/mol. The Balaban J connectivity index is 3.72. The van der Waals surface area contributed by atoms with Crippen LogP contribution in [0.4, 0.5) is 0 Å². The van der Waals surface area contributed by atoms with Crippen molar-refractivity contribution in [2.75, 3.05) is 6.61 Å². The number of hydrogen-bond donors (Lipinski definition) is 2. The van der Waals surface area contributed by atoms with Crippen molar-refractivity contribution in [1.82, 2.24) is 0 Å². The standard InChI is InChI=1S/C14H30O2/c1-3-5-6-7-11-14(16)13(9-4-2)10-8-12-15/h13-16H,3-12H2,1-2H3. The smallest absolute Gasteiger partial charge is 0.0568 e. The van der Waals surface area contributed by atoms with Gasteiger partial charge in [-0.05, 0) is 31.6 Å². The fraction of sp³-hybridized carbons (Fsp3) is 1.00. The van der Waals surface area contributed by atoms with E-state index in [0.29, 0.717) is 5.92 Å². The predicted octanol–water partition coefficient (Wildman–Crippen LogP) is 3.51. The van der Waals surface area contributed by atoms with Crippen LogP contribution in [0.15, 0.2) is 0 Å². The molecule has 0 fully saturated rings. The van der Waals surface area contributed by atoms with Crippen LogP contribution in [0.3, 0.4) is 0 Å². The summed E-state index contributed by atoms with van der Waals surface area (Å²) in [6, 6.07) is 0. The van der Waals surface area contributed by atoms with Gasteiger partial charge in [-0.2, -0.15) is 0 Å². The predicted molar refractivity (Wildman–Crippen MR) is 69.5 cm³/mol. The Kier molecular flexibility index (Phi) is 11.3. The van der Waals surface area contributed by atoms with Crippen LogP contribution < -0.4 is 0 Å². The Labute approximate surface area is 101 Å². The van der Waals surface area contributed by atoms with Crippen molar-refractivity contribution < 1.29 is 10.2 Å². The van der Waals surface area contributed by atoms with Crippen LogP contribution in [-0.4, -0.2) is 22.9 Å². The van der Waals surface area contributed by atoms with E-state index < -0.39 is 0 Å². The van der Waals surface area contributed by atoms with E-state index in [0.717, 1.165) is 38.5 Å². The average molecular weight is 230 g/mol. The van der Waals surface area contributed by atoms with Crippen molar-refractivity contribution in [3.05, 3.63) is 0 Å². The third kappa shape index (κ3) is 8.12. The lowest BCUT2D eigenvalue weighted by Gasteiger charge is -2.22. The van der Waals surface area contributed by atoms with Crippen LogP contribution in [0.25, 0.3) is 0 Å². The van der Waals surface area contributed by atoms with Crippen LogP contribution in [0.1, 0.15) is 71.6 Å². The molecule has 0 radical (unpaired) electrons. The van der Waals surface area contributed by atoms with E-state index in [1.807, 2.05) is 0 Å². The molecule has 2 heteroatoms. The maximum Gasteiger partial charge on any atom is 0.0568 e. The first-order chi connectivity index (χ1) is 7.76. The molecule has 0 bridgehead atoms. The van der Waals surface area contributed by atoms with Crippen LogP contribution in [0.2, 0.25) is 0 Å². The molecule has 0 aromatic carbocycles. The minimum Gasteiger partial charge on any atom is -0.396 e. The number of aliphatic hydroxyl groups is 2. The van der Waals surface area contributed by atoms with Crippen molar-refractivity contribution >= 4 is 0 Å². The molecule has 0 spiro atoms. The molecule has 2 unspecified atom stereocenters. The SMILES string of the molecule is CCCCCCC(O)C(CCC)CCCO. The number of unbranched alkanes of at least 4 members (excludes halogenated alkanes) is 3. The molecule has 0 amide bonds. The Morgan fingerprint density at radius 1 is 0.812 bits per heavy atom. The molecule has 0 aromatic rings. The summed E-state index contributed by atoms with van der Waals surface area (Å²) in [6.07, 6.45) is 9.73. The van der Waals surface area contributed by atoms with Gasteiger partial charge in [0.05, 0.1) is 6.10 Å². The lowest BCUT2D eigenvalue weighted by atomic mass is 9.89. The maximum atomic E-state index is 10.1. The zero-order valence-corrected chi connectivity index (χ0v) is 11.1. The van der Waals surface area contributed by atoms with Crippen molar-refractivity contribution in [2.45, 2.75) is 77.7 Å². The molecule has 0 aliphatic carbocycles. The highest BCUT2D eigenvalue weighted by molar-refractivity contribution is 4.69. The topological polar surface area (TPSA) is 40.5 Å². The molecule has 0 heterocycles. The van der Waals surface area contributed by atoms with E-state index in [-0.39, 0.29) is 12.7 Å². The molecular formula is C14H30O2. The summed E-state index contributed by atoms with van der Waals surface area (Å²) in [5, 5.41) is 18.9. The summed E-state index contributed by atoms with van der Waals surface area (Å²) in [5.74, 6) is 0.402. The first kappa shape index (κ1) is 15.9. The second kappa shape index (κ2) is 11.4. The van der Waals surface area contributed by atoms with Crippen LogP contribution in [-0.2, 0) is 0 Å². The van der Waals surface area contributed by atoms with Gasteiger partial charge in [0.25, 0.3) is 0 Å². The molecule has 98 valence electrons. The summed E-state index contributed by atoms with van der Waals surface area (Å²) in [4.78, 5) is 0. The zero-order chi connectivity index (χ0) is 12.2. The third-order valence-corrected chi connectivity index (χ3v) is 3.29. The number of rotatable bonds is 11. The van der Waals surface area contributed by atoms with E-state index in [4.69, 9.17) is 5.11 Å². The summed E-state index contributed by atoms with van der Waals surface area (Å²) < 4.78 is 0. The van der Waals surface area contributed by atoms with Crippen LogP contribution >= 0.6 is 0 Å². The lowest BCUT2D eigenvalue weighted by molar-refractivity contribution is 0.0813. The normalized spacial score (nSPS) is 15.0. The van der Waals surface area contributed by atoms with E-state index in [2.05, 4.69) is 13.8 Å². The van der Waals surface area contributed by atoms with Gasteiger partial charge in [0.15, 0.2) is 0 Å². The van der Waals surface area contributed by atoms with Crippen LogP contribution in [0.5, 0.6) is 0 Å². The van der Waals surface area contributed by atoms with Crippen molar-refractivity contribution in [1.29, 1.82) is 0 Å². The van der Waals surface area contributed by atoms with Gasteiger partial charge < -0.3 is 10.2 Å². The largest absolute Gasteiger partial charge is 0.396 e. The van der Waals surface area contributed by atoms with Gasteiger partial charge in [-0.25, -0.2) is 0 Å². The maximum absolute atomic E-state index is 10.1. The molecule has 2 N–H and O–H groups in total. The summed E-state index contributed by atoms with van der Waals surface area (Å²) >= 11 is 0. The molecule has 0 saturated carbocycles. The number of aliphatic hydroxyl groups excluding tert-OH is 2. The van der Waals surface area contributed by atoms with Gasteiger partial charge in [-0.15, -0.1) is 0 Å². The molecule has 16 heavy (non-hydrogen) atoms. The van der Waals surface area contributed by atoms with Gasteiger partial charge >= 0.3 is 0 Å². The van der Waals surface area contributed by atoms with Crippen molar-refractivity contribution in [3.63, 3.8) is 0 Å². The minimum absolute atomic E-state index is 0.150. The lowest BCUT2D eigenvalue weighted by Crippen LogP contribution is -2.20. The fourth-order valence-corrected chi connectivity index (χ4v) is 2.27. The molecule has 0 rings (SSSR count). The minimum atomic E-state index is -0.150. The average Bonchev–Trinajstić information content (AvgIpc) is 2.29. The van der Waals surface area contributed by atoms with E-state index in [1.165, 1.54) is 19.3 Å². The van der Waals surface area contributed by atoms with Gasteiger partial charge in [0.2, 0.25) is 0 Å². The van der Waals surface area contributed by atoms with Gasteiger partial charge in [0.1, 0.15) is 0 Å². The highest BCUT2D eigenvalue weighted by Crippen LogP contribution is 2.21. The van der Waals surface area contributed by atoms with Crippen molar-refractivity contribution in [2.24, 2.45) is 5.92 Å². The summed E-state index contributed by atoms with van der Waals surface area (Å²) in [6.45, 7) is 4.62. The van der Waals surface area contributed by atoms with E-state index in [1.54, 1.807) is 0 Å². The van der Waals surface area contributed by atoms with Crippen molar-refractivity contribution in [3.8, 4) is 0 Å². The number of hydrogen-bond acceptors (Lipinski definition) is 2. The molecule has 2 atom stereocenters. The highest BCUT2D eigenvalue weighted by Gasteiger charge is 2.17. The first-order valence-corrected chi connectivity index (χ1v) is 7.05. The van der Waals surface area contributed by atoms with Gasteiger partial charge in [-0.1, -0.05) is 46.0 Å². The monoisotopic (exact) mass is 230 g/mol. The Morgan fingerprint density at radius 3 is 2.12 bits per heavy atom. The van der Waals surface area contributed by atoms with Crippen LogP contribution in [0, 0.1) is 5.92 Å². The molecule has 0 saturated heterocycles. The molecule has 2 nitrogen and oxygen atoms in total. The molecule has 0 aromatic heterocycles. The fourth-order valence-electron chi connectivity index (χ4n) is 2.27. The first-order valence-electron chi connectivity index (χ1n) is 7.05.